The summed E-state index contributed by atoms with van der Waals surface area (Å²) in [6.45, 7) is 1.85. The SMILES string of the molecule is CC=CC#CC#COC(=O)CCC1Cc2ccccc2NC1=O. The number of rotatable bonds is 3. The second-order valence-corrected chi connectivity index (χ2v) is 5.06. The lowest BCUT2D eigenvalue weighted by molar-refractivity contribution is -0.137. The average Bonchev–Trinajstić information content (AvgIpc) is 2.56. The van der Waals surface area contributed by atoms with E-state index in [4.69, 9.17) is 4.74 Å². The van der Waals surface area contributed by atoms with Crippen molar-refractivity contribution in [2.24, 2.45) is 5.92 Å². The number of hydrogen-bond acceptors (Lipinski definition) is 3. The smallest absolute Gasteiger partial charge is 0.319 e. The third kappa shape index (κ3) is 5.05. The number of hydrogen-bond donors (Lipinski definition) is 1. The maximum Gasteiger partial charge on any atom is 0.319 e. The fourth-order valence-electron chi connectivity index (χ4n) is 2.26. The van der Waals surface area contributed by atoms with Crippen molar-refractivity contribution in [3.63, 3.8) is 0 Å². The van der Waals surface area contributed by atoms with E-state index in [2.05, 4.69) is 29.2 Å². The first kappa shape index (κ1) is 16.4. The summed E-state index contributed by atoms with van der Waals surface area (Å²) in [6.07, 6.45) is 6.91. The molecule has 0 aliphatic carbocycles. The Morgan fingerprint density at radius 3 is 3.04 bits per heavy atom. The molecule has 1 aliphatic heterocycles. The molecule has 1 heterocycles. The number of nitrogens with one attached hydrogen (secondary N) is 1. The zero-order valence-electron chi connectivity index (χ0n) is 12.9. The molecule has 0 saturated carbocycles. The topological polar surface area (TPSA) is 55.4 Å². The maximum absolute atomic E-state index is 12.0. The molecule has 1 N–H and O–H groups in total. The summed E-state index contributed by atoms with van der Waals surface area (Å²) in [5, 5.41) is 2.86. The zero-order chi connectivity index (χ0) is 16.5. The molecule has 1 aromatic carbocycles. The van der Waals surface area contributed by atoms with Crippen molar-refractivity contribution >= 4 is 17.6 Å². The van der Waals surface area contributed by atoms with Crippen LogP contribution in [0.5, 0.6) is 0 Å². The lowest BCUT2D eigenvalue weighted by atomic mass is 9.90. The van der Waals surface area contributed by atoms with E-state index in [0.717, 1.165) is 11.3 Å². The molecule has 0 aromatic heterocycles. The highest BCUT2D eigenvalue weighted by Crippen LogP contribution is 2.27. The van der Waals surface area contributed by atoms with Crippen LogP contribution in [0.2, 0.25) is 0 Å². The number of amides is 1. The molecule has 1 aromatic rings. The zero-order valence-corrected chi connectivity index (χ0v) is 12.9. The highest BCUT2D eigenvalue weighted by Gasteiger charge is 2.26. The molecule has 0 spiro atoms. The van der Waals surface area contributed by atoms with Gasteiger partial charge < -0.3 is 10.1 Å². The minimum Gasteiger partial charge on any atom is -0.371 e. The number of carbonyl (C=O) groups excluding carboxylic acids is 2. The monoisotopic (exact) mass is 307 g/mol. The summed E-state index contributed by atoms with van der Waals surface area (Å²) in [4.78, 5) is 23.6. The molecule has 1 unspecified atom stereocenters. The molecule has 116 valence electrons. The Kier molecular flexibility index (Phi) is 6.03. The van der Waals surface area contributed by atoms with Crippen LogP contribution in [0.25, 0.3) is 0 Å². The van der Waals surface area contributed by atoms with Gasteiger partial charge in [-0.05, 0) is 43.4 Å². The average molecular weight is 307 g/mol. The number of fused-ring (bicyclic) bond motifs is 1. The predicted molar refractivity (Wildman–Crippen MR) is 88.0 cm³/mol. The van der Waals surface area contributed by atoms with Gasteiger partial charge in [-0.3, -0.25) is 9.59 Å². The maximum atomic E-state index is 12.0. The van der Waals surface area contributed by atoms with Crippen LogP contribution in [-0.2, 0) is 20.7 Å². The van der Waals surface area contributed by atoms with Gasteiger partial charge in [0.05, 0.1) is 0 Å². The first-order chi connectivity index (χ1) is 11.2. The van der Waals surface area contributed by atoms with E-state index in [1.807, 2.05) is 31.2 Å². The standard InChI is InChI=1S/C19H17NO3/c1-2-3-4-5-8-13-23-18(21)12-11-16-14-15-9-6-7-10-17(15)20-19(16)22/h2-3,6-7,9-10,16H,11-12,14H2,1H3,(H,20,22). The summed E-state index contributed by atoms with van der Waals surface area (Å²) < 4.78 is 4.76. The third-order valence-corrected chi connectivity index (χ3v) is 3.41. The number of carbonyl (C=O) groups is 2. The molecular formula is C19H17NO3. The summed E-state index contributed by atoms with van der Waals surface area (Å²) >= 11 is 0. The van der Waals surface area contributed by atoms with E-state index < -0.39 is 5.97 Å². The van der Waals surface area contributed by atoms with Crippen molar-refractivity contribution < 1.29 is 14.3 Å². The molecule has 1 atom stereocenters. The fourth-order valence-corrected chi connectivity index (χ4v) is 2.26. The second kappa shape index (κ2) is 8.46. The summed E-state index contributed by atoms with van der Waals surface area (Å²) in [5.74, 6) is 6.89. The lowest BCUT2D eigenvalue weighted by Crippen LogP contribution is -2.30. The van der Waals surface area contributed by atoms with Crippen LogP contribution in [0.15, 0.2) is 36.4 Å². The Bertz CT molecular complexity index is 741. The van der Waals surface area contributed by atoms with Crippen molar-refractivity contribution in [1.29, 1.82) is 0 Å². The molecular weight excluding hydrogens is 290 g/mol. The van der Waals surface area contributed by atoms with Gasteiger partial charge in [0.1, 0.15) is 6.11 Å². The van der Waals surface area contributed by atoms with Crippen LogP contribution in [0.1, 0.15) is 25.3 Å². The number of anilines is 1. The van der Waals surface area contributed by atoms with E-state index in [1.165, 1.54) is 0 Å². The van der Waals surface area contributed by atoms with E-state index in [9.17, 15) is 9.59 Å². The molecule has 0 fully saturated rings. The van der Waals surface area contributed by atoms with Crippen molar-refractivity contribution in [2.45, 2.75) is 26.2 Å². The van der Waals surface area contributed by atoms with Gasteiger partial charge in [0, 0.05) is 23.9 Å². The van der Waals surface area contributed by atoms with Crippen molar-refractivity contribution in [3.05, 3.63) is 42.0 Å². The molecule has 0 radical (unpaired) electrons. The van der Waals surface area contributed by atoms with Crippen LogP contribution in [0.4, 0.5) is 5.69 Å². The van der Waals surface area contributed by atoms with Gasteiger partial charge in [0.25, 0.3) is 0 Å². The third-order valence-electron chi connectivity index (χ3n) is 3.41. The molecule has 4 nitrogen and oxygen atoms in total. The van der Waals surface area contributed by atoms with Crippen LogP contribution >= 0.6 is 0 Å². The summed E-state index contributed by atoms with van der Waals surface area (Å²) in [6, 6.07) is 7.68. The Hall–Kier alpha value is -2.98. The number of ether oxygens (including phenoxy) is 1. The van der Waals surface area contributed by atoms with E-state index in [1.54, 1.807) is 12.2 Å². The molecule has 4 heteroatoms. The van der Waals surface area contributed by atoms with Crippen molar-refractivity contribution in [2.75, 3.05) is 5.32 Å². The minimum absolute atomic E-state index is 0.0557. The Balaban J connectivity index is 1.81. The quantitative estimate of drug-likeness (QED) is 0.690. The van der Waals surface area contributed by atoms with Crippen molar-refractivity contribution in [3.8, 4) is 23.9 Å². The summed E-state index contributed by atoms with van der Waals surface area (Å²) in [7, 11) is 0. The van der Waals surface area contributed by atoms with Crippen LogP contribution < -0.4 is 5.32 Å². The van der Waals surface area contributed by atoms with Gasteiger partial charge >= 0.3 is 5.97 Å². The van der Waals surface area contributed by atoms with Gasteiger partial charge in [0.15, 0.2) is 0 Å². The fraction of sp³-hybridized carbons (Fsp3) is 0.263. The first-order valence-corrected chi connectivity index (χ1v) is 7.41. The molecule has 1 aliphatic rings. The molecule has 1 amide bonds. The van der Waals surface area contributed by atoms with Crippen LogP contribution in [0, 0.1) is 29.8 Å². The molecule has 2 rings (SSSR count). The Labute approximate surface area is 135 Å². The second-order valence-electron chi connectivity index (χ2n) is 5.06. The van der Waals surface area contributed by atoms with Gasteiger partial charge in [-0.25, -0.2) is 0 Å². The van der Waals surface area contributed by atoms with E-state index in [0.29, 0.717) is 12.8 Å². The van der Waals surface area contributed by atoms with Gasteiger partial charge in [-0.2, -0.15) is 0 Å². The highest BCUT2D eigenvalue weighted by molar-refractivity contribution is 5.95. The van der Waals surface area contributed by atoms with Crippen molar-refractivity contribution in [1.82, 2.24) is 0 Å². The van der Waals surface area contributed by atoms with Gasteiger partial charge in [0.2, 0.25) is 5.91 Å². The largest absolute Gasteiger partial charge is 0.371 e. The minimum atomic E-state index is -0.447. The number of para-hydroxylation sites is 1. The van der Waals surface area contributed by atoms with Gasteiger partial charge in [-0.1, -0.05) is 30.2 Å². The van der Waals surface area contributed by atoms with Crippen LogP contribution in [0.3, 0.4) is 0 Å². The van der Waals surface area contributed by atoms with E-state index in [-0.39, 0.29) is 18.2 Å². The van der Waals surface area contributed by atoms with Crippen LogP contribution in [-0.4, -0.2) is 11.9 Å². The highest BCUT2D eigenvalue weighted by atomic mass is 16.5. The van der Waals surface area contributed by atoms with E-state index >= 15 is 0 Å². The molecule has 23 heavy (non-hydrogen) atoms. The number of benzene rings is 1. The Morgan fingerprint density at radius 1 is 1.39 bits per heavy atom. The predicted octanol–water partition coefficient (Wildman–Crippen LogP) is 2.66. The normalized spacial score (nSPS) is 15.5. The summed E-state index contributed by atoms with van der Waals surface area (Å²) in [5.41, 5.74) is 1.94. The lowest BCUT2D eigenvalue weighted by Gasteiger charge is -2.24. The molecule has 0 saturated heterocycles. The number of esters is 1. The Morgan fingerprint density at radius 2 is 2.22 bits per heavy atom. The number of allylic oxidation sites excluding steroid dienone is 2. The molecule has 0 bridgehead atoms. The van der Waals surface area contributed by atoms with Gasteiger partial charge in [-0.15, -0.1) is 0 Å². The first-order valence-electron chi connectivity index (χ1n) is 7.41.